The van der Waals surface area contributed by atoms with Gasteiger partial charge in [0.05, 0.1) is 6.42 Å². The lowest BCUT2D eigenvalue weighted by Gasteiger charge is -2.29. The highest BCUT2D eigenvalue weighted by atomic mass is 16.4. The van der Waals surface area contributed by atoms with Gasteiger partial charge in [0, 0.05) is 37.9 Å². The molecule has 35 heavy (non-hydrogen) atoms. The van der Waals surface area contributed by atoms with E-state index in [9.17, 15) is 9.59 Å². The third-order valence-electron chi connectivity index (χ3n) is 5.88. The molecule has 1 fully saturated rings. The first-order valence-corrected chi connectivity index (χ1v) is 12.1. The maximum atomic E-state index is 11.1. The van der Waals surface area contributed by atoms with E-state index in [0.29, 0.717) is 13.0 Å². The zero-order valence-electron chi connectivity index (χ0n) is 20.2. The van der Waals surface area contributed by atoms with Crippen molar-refractivity contribution in [2.75, 3.05) is 37.6 Å². The van der Waals surface area contributed by atoms with E-state index in [-0.39, 0.29) is 12.5 Å². The maximum absolute atomic E-state index is 11.1. The van der Waals surface area contributed by atoms with E-state index in [1.54, 1.807) is 0 Å². The highest BCUT2D eigenvalue weighted by Crippen LogP contribution is 2.28. The number of nitrogens with two attached hydrogens (primary N) is 3. The molecule has 0 saturated carbocycles. The first-order valence-electron chi connectivity index (χ1n) is 12.1. The first-order chi connectivity index (χ1) is 16.8. The summed E-state index contributed by atoms with van der Waals surface area (Å²) >= 11 is 0. The molecule has 0 aromatic heterocycles. The van der Waals surface area contributed by atoms with E-state index in [4.69, 9.17) is 27.4 Å². The van der Waals surface area contributed by atoms with Gasteiger partial charge in [0.15, 0.2) is 0 Å². The van der Waals surface area contributed by atoms with Crippen molar-refractivity contribution in [3.8, 4) is 11.1 Å². The number of hydrogen-bond acceptors (Lipinski definition) is 7. The second kappa shape index (κ2) is 15.1. The molecule has 2 atom stereocenters. The van der Waals surface area contributed by atoms with Crippen LogP contribution < -0.4 is 27.4 Å². The Hall–Kier alpha value is -2.98. The smallest absolute Gasteiger partial charge is 0.320 e. The predicted octanol–water partition coefficient (Wildman–Crippen LogP) is 1.64. The van der Waals surface area contributed by atoms with Gasteiger partial charge < -0.3 is 37.6 Å². The number of aliphatic carboxylic acids is 2. The van der Waals surface area contributed by atoms with E-state index in [2.05, 4.69) is 34.5 Å². The summed E-state index contributed by atoms with van der Waals surface area (Å²) in [7, 11) is 0. The van der Waals surface area contributed by atoms with Gasteiger partial charge in [-0.15, -0.1) is 0 Å². The van der Waals surface area contributed by atoms with Crippen LogP contribution in [0.2, 0.25) is 0 Å². The topological polar surface area (TPSA) is 168 Å². The molecule has 0 spiro atoms. The van der Waals surface area contributed by atoms with Crippen LogP contribution in [-0.4, -0.2) is 67.0 Å². The fraction of sp³-hybridized carbons (Fsp3) is 0.462. The lowest BCUT2D eigenvalue weighted by atomic mass is 9.95. The van der Waals surface area contributed by atoms with Crippen LogP contribution in [0.3, 0.4) is 0 Å². The standard InChI is InChI=1S/C19H23N3O2.C7H16N2O2/c20-18(19(23)24)13-15-4-1-2-7-17(15)14-5-3-6-16(12-14)22-10-8-21-9-11-22;8-4-2-1-3-6(9)5-7(10)11/h1-7,12,18,21H,8-11,13,20H2,(H,23,24);6H,1-5,8-9H2,(H,10,11)/t18-;6-/m00/s1. The van der Waals surface area contributed by atoms with Crippen LogP contribution in [0.4, 0.5) is 5.69 Å². The normalized spacial score (nSPS) is 15.0. The number of hydrogen-bond donors (Lipinski definition) is 6. The Labute approximate surface area is 207 Å². The Morgan fingerprint density at radius 1 is 1.00 bits per heavy atom. The minimum Gasteiger partial charge on any atom is -0.481 e. The number of anilines is 1. The molecule has 9 N–H and O–H groups in total. The number of carbonyl (C=O) groups is 2. The average molecular weight is 486 g/mol. The Kier molecular flexibility index (Phi) is 12.2. The number of benzene rings is 2. The summed E-state index contributed by atoms with van der Waals surface area (Å²) in [5.74, 6) is -1.80. The number of carboxylic acids is 2. The SMILES string of the molecule is NCCCC[C@H](N)CC(=O)O.N[C@@H](Cc1ccccc1-c1cccc(N2CCNCC2)c1)C(=O)O. The van der Waals surface area contributed by atoms with Gasteiger partial charge in [0.2, 0.25) is 0 Å². The van der Waals surface area contributed by atoms with Gasteiger partial charge in [0.1, 0.15) is 6.04 Å². The quantitative estimate of drug-likeness (QED) is 0.259. The molecule has 3 rings (SSSR count). The fourth-order valence-corrected chi connectivity index (χ4v) is 3.97. The molecule has 9 heteroatoms. The van der Waals surface area contributed by atoms with Crippen LogP contribution in [0.1, 0.15) is 31.2 Å². The molecule has 0 aliphatic carbocycles. The van der Waals surface area contributed by atoms with E-state index >= 15 is 0 Å². The van der Waals surface area contributed by atoms with Crippen molar-refractivity contribution >= 4 is 17.6 Å². The third-order valence-corrected chi connectivity index (χ3v) is 5.88. The van der Waals surface area contributed by atoms with Crippen molar-refractivity contribution in [2.24, 2.45) is 17.2 Å². The summed E-state index contributed by atoms with van der Waals surface area (Å²) in [5.41, 5.74) is 20.8. The van der Waals surface area contributed by atoms with Crippen LogP contribution in [0.15, 0.2) is 48.5 Å². The number of nitrogens with zero attached hydrogens (tertiary/aromatic N) is 1. The van der Waals surface area contributed by atoms with Crippen LogP contribution in [0.5, 0.6) is 0 Å². The number of carboxylic acid groups (broad SMARTS) is 2. The van der Waals surface area contributed by atoms with E-state index in [1.807, 2.05) is 24.3 Å². The molecule has 1 saturated heterocycles. The van der Waals surface area contributed by atoms with Crippen LogP contribution in [0, 0.1) is 0 Å². The lowest BCUT2D eigenvalue weighted by Crippen LogP contribution is -2.43. The lowest BCUT2D eigenvalue weighted by molar-refractivity contribution is -0.139. The molecule has 0 bridgehead atoms. The van der Waals surface area contributed by atoms with Gasteiger partial charge in [-0.25, -0.2) is 0 Å². The van der Waals surface area contributed by atoms with Gasteiger partial charge in [-0.3, -0.25) is 9.59 Å². The number of nitrogens with one attached hydrogen (secondary N) is 1. The van der Waals surface area contributed by atoms with E-state index < -0.39 is 18.0 Å². The molecular formula is C26H39N5O4. The Balaban J connectivity index is 0.000000334. The summed E-state index contributed by atoms with van der Waals surface area (Å²) in [6.45, 7) is 4.63. The van der Waals surface area contributed by atoms with E-state index in [1.165, 1.54) is 5.69 Å². The predicted molar refractivity (Wildman–Crippen MR) is 139 cm³/mol. The molecule has 1 heterocycles. The average Bonchev–Trinajstić information content (AvgIpc) is 2.85. The van der Waals surface area contributed by atoms with Crippen molar-refractivity contribution in [2.45, 2.75) is 44.2 Å². The summed E-state index contributed by atoms with van der Waals surface area (Å²) in [5, 5.41) is 20.8. The Morgan fingerprint density at radius 3 is 2.37 bits per heavy atom. The zero-order chi connectivity index (χ0) is 25.6. The van der Waals surface area contributed by atoms with Crippen molar-refractivity contribution in [1.29, 1.82) is 0 Å². The summed E-state index contributed by atoms with van der Waals surface area (Å²) in [6.07, 6.45) is 2.98. The summed E-state index contributed by atoms with van der Waals surface area (Å²) in [6, 6.07) is 15.2. The van der Waals surface area contributed by atoms with Crippen molar-refractivity contribution in [1.82, 2.24) is 5.32 Å². The summed E-state index contributed by atoms with van der Waals surface area (Å²) < 4.78 is 0. The van der Waals surface area contributed by atoms with E-state index in [0.717, 1.165) is 62.1 Å². The summed E-state index contributed by atoms with van der Waals surface area (Å²) in [4.78, 5) is 23.6. The molecule has 0 radical (unpaired) electrons. The fourth-order valence-electron chi connectivity index (χ4n) is 3.97. The van der Waals surface area contributed by atoms with Gasteiger partial charge in [-0.05, 0) is 54.6 Å². The Bertz CT molecular complexity index is 933. The molecular weight excluding hydrogens is 446 g/mol. The molecule has 0 amide bonds. The maximum Gasteiger partial charge on any atom is 0.320 e. The molecule has 0 unspecified atom stereocenters. The molecule has 9 nitrogen and oxygen atoms in total. The zero-order valence-corrected chi connectivity index (χ0v) is 20.2. The van der Waals surface area contributed by atoms with Crippen LogP contribution in [0.25, 0.3) is 11.1 Å². The molecule has 1 aliphatic rings. The number of rotatable bonds is 11. The van der Waals surface area contributed by atoms with Gasteiger partial charge in [0.25, 0.3) is 0 Å². The van der Waals surface area contributed by atoms with Gasteiger partial charge in [-0.2, -0.15) is 0 Å². The highest BCUT2D eigenvalue weighted by molar-refractivity contribution is 5.76. The largest absolute Gasteiger partial charge is 0.481 e. The molecule has 2 aromatic carbocycles. The molecule has 192 valence electrons. The van der Waals surface area contributed by atoms with Crippen LogP contribution >= 0.6 is 0 Å². The van der Waals surface area contributed by atoms with Crippen molar-refractivity contribution in [3.63, 3.8) is 0 Å². The van der Waals surface area contributed by atoms with Gasteiger partial charge in [-0.1, -0.05) is 42.8 Å². The number of piperazine rings is 1. The van der Waals surface area contributed by atoms with Crippen molar-refractivity contribution < 1.29 is 19.8 Å². The second-order valence-corrected chi connectivity index (χ2v) is 8.74. The van der Waals surface area contributed by atoms with Crippen LogP contribution in [-0.2, 0) is 16.0 Å². The monoisotopic (exact) mass is 485 g/mol. The molecule has 2 aromatic rings. The molecule has 1 aliphatic heterocycles. The third kappa shape index (κ3) is 10.0. The highest BCUT2D eigenvalue weighted by Gasteiger charge is 2.16. The minimum absolute atomic E-state index is 0.0601. The first kappa shape index (κ1) is 28.3. The minimum atomic E-state index is -0.973. The van der Waals surface area contributed by atoms with Crippen molar-refractivity contribution in [3.05, 3.63) is 54.1 Å². The number of unbranched alkanes of at least 4 members (excludes halogenated alkanes) is 1. The van der Waals surface area contributed by atoms with Gasteiger partial charge >= 0.3 is 11.9 Å². The Morgan fingerprint density at radius 2 is 1.71 bits per heavy atom. The second-order valence-electron chi connectivity index (χ2n) is 8.74.